The monoisotopic (exact) mass is 421 g/mol. The van der Waals surface area contributed by atoms with Crippen LogP contribution in [0.15, 0.2) is 36.4 Å². The summed E-state index contributed by atoms with van der Waals surface area (Å²) in [6.07, 6.45) is 0. The van der Waals surface area contributed by atoms with Crippen LogP contribution in [0.25, 0.3) is 0 Å². The van der Waals surface area contributed by atoms with Gasteiger partial charge in [-0.15, -0.1) is 0 Å². The molecule has 2 amide bonds. The van der Waals surface area contributed by atoms with Crippen LogP contribution in [0.4, 0.5) is 11.4 Å². The Labute approximate surface area is 181 Å². The first-order chi connectivity index (χ1) is 14.2. The van der Waals surface area contributed by atoms with E-state index in [9.17, 15) is 9.59 Å². The molecule has 2 heterocycles. The summed E-state index contributed by atoms with van der Waals surface area (Å²) >= 11 is 6.40. The molecule has 30 heavy (non-hydrogen) atoms. The molecule has 2 aliphatic rings. The van der Waals surface area contributed by atoms with Gasteiger partial charge in [-0.2, -0.15) is 0 Å². The van der Waals surface area contributed by atoms with Gasteiger partial charge in [0.1, 0.15) is 0 Å². The molecule has 0 aliphatic carbocycles. The van der Waals surface area contributed by atoms with Crippen molar-refractivity contribution in [1.82, 2.24) is 4.90 Å². The van der Waals surface area contributed by atoms with Gasteiger partial charge in [-0.05, 0) is 68.5 Å². The summed E-state index contributed by atoms with van der Waals surface area (Å²) in [5.74, 6) is 5.09. The number of likely N-dealkylation sites (tertiary alicyclic amines) is 1. The van der Waals surface area contributed by atoms with Crippen molar-refractivity contribution >= 4 is 34.8 Å². The van der Waals surface area contributed by atoms with E-state index in [1.54, 1.807) is 11.8 Å². The van der Waals surface area contributed by atoms with Crippen LogP contribution in [-0.4, -0.2) is 29.8 Å². The van der Waals surface area contributed by atoms with E-state index in [4.69, 9.17) is 11.6 Å². The second-order valence-corrected chi connectivity index (χ2v) is 8.90. The predicted octanol–water partition coefficient (Wildman–Crippen LogP) is 4.05. The van der Waals surface area contributed by atoms with Crippen LogP contribution in [0.2, 0.25) is 5.02 Å². The van der Waals surface area contributed by atoms with Gasteiger partial charge >= 0.3 is 0 Å². The second-order valence-electron chi connectivity index (χ2n) is 8.50. The van der Waals surface area contributed by atoms with E-state index < -0.39 is 11.0 Å². The topological polar surface area (TPSA) is 61.4 Å². The molecular formula is C24H24ClN3O2. The third-order valence-corrected chi connectivity index (χ3v) is 6.53. The Morgan fingerprint density at radius 2 is 1.93 bits per heavy atom. The number of benzene rings is 2. The standard InChI is InChI=1S/C24H24ClN3O2/c1-5-7-21(29)28-13-24(14-28,17-8-6-9-19(25)15(17)2)27-16-10-11-18-20(12-16)26-22(30)23(18,3)4/h6,8-12,27H,13-14H2,1-4H3,(H,26,30). The van der Waals surface area contributed by atoms with Crippen LogP contribution in [-0.2, 0) is 20.5 Å². The summed E-state index contributed by atoms with van der Waals surface area (Å²) in [4.78, 5) is 26.3. The second kappa shape index (κ2) is 7.07. The highest BCUT2D eigenvalue weighted by molar-refractivity contribution is 6.31. The highest BCUT2D eigenvalue weighted by Gasteiger charge is 2.47. The lowest BCUT2D eigenvalue weighted by molar-refractivity contribution is -0.131. The van der Waals surface area contributed by atoms with E-state index in [1.165, 1.54) is 0 Å². The van der Waals surface area contributed by atoms with Gasteiger partial charge in [0.2, 0.25) is 5.91 Å². The van der Waals surface area contributed by atoms with Gasteiger partial charge in [0.05, 0.1) is 24.0 Å². The van der Waals surface area contributed by atoms with Gasteiger partial charge in [0.25, 0.3) is 5.91 Å². The fourth-order valence-corrected chi connectivity index (χ4v) is 4.50. The lowest BCUT2D eigenvalue weighted by Gasteiger charge is -2.51. The molecule has 4 rings (SSSR count). The summed E-state index contributed by atoms with van der Waals surface area (Å²) in [7, 11) is 0. The SMILES string of the molecule is CC#CC(=O)N1CC(Nc2ccc3c(c2)NC(=O)C3(C)C)(c2cccc(Cl)c2C)C1. The van der Waals surface area contributed by atoms with E-state index in [1.807, 2.05) is 57.2 Å². The van der Waals surface area contributed by atoms with Crippen molar-refractivity contribution in [2.75, 3.05) is 23.7 Å². The Hall–Kier alpha value is -2.97. The summed E-state index contributed by atoms with van der Waals surface area (Å²) < 4.78 is 0. The molecule has 6 heteroatoms. The van der Waals surface area contributed by atoms with Crippen LogP contribution >= 0.6 is 11.6 Å². The number of nitrogens with one attached hydrogen (secondary N) is 2. The lowest BCUT2D eigenvalue weighted by Crippen LogP contribution is -2.65. The van der Waals surface area contributed by atoms with Crippen molar-refractivity contribution in [1.29, 1.82) is 0 Å². The van der Waals surface area contributed by atoms with Gasteiger partial charge < -0.3 is 15.5 Å². The van der Waals surface area contributed by atoms with Crippen molar-refractivity contribution in [3.05, 3.63) is 58.1 Å². The molecule has 0 saturated carbocycles. The first-order valence-electron chi connectivity index (χ1n) is 9.89. The molecular weight excluding hydrogens is 398 g/mol. The minimum absolute atomic E-state index is 0.00592. The molecule has 1 saturated heterocycles. The van der Waals surface area contributed by atoms with E-state index in [0.717, 1.165) is 28.1 Å². The molecule has 2 N–H and O–H groups in total. The van der Waals surface area contributed by atoms with Crippen molar-refractivity contribution in [3.63, 3.8) is 0 Å². The number of hydrogen-bond donors (Lipinski definition) is 2. The number of nitrogens with zero attached hydrogens (tertiary/aromatic N) is 1. The third-order valence-electron chi connectivity index (χ3n) is 6.12. The Morgan fingerprint density at radius 3 is 2.63 bits per heavy atom. The maximum absolute atomic E-state index is 12.3. The van der Waals surface area contributed by atoms with Crippen LogP contribution in [0.1, 0.15) is 37.5 Å². The average molecular weight is 422 g/mol. The van der Waals surface area contributed by atoms with Crippen LogP contribution < -0.4 is 10.6 Å². The quantitative estimate of drug-likeness (QED) is 0.735. The molecule has 0 spiro atoms. The summed E-state index contributed by atoms with van der Waals surface area (Å²) in [6.45, 7) is 8.45. The van der Waals surface area contributed by atoms with E-state index in [0.29, 0.717) is 18.1 Å². The number of fused-ring (bicyclic) bond motifs is 1. The molecule has 0 atom stereocenters. The number of carbonyl (C=O) groups excluding carboxylic acids is 2. The average Bonchev–Trinajstić information content (AvgIpc) is 2.89. The van der Waals surface area contributed by atoms with Crippen molar-refractivity contribution in [3.8, 4) is 11.8 Å². The zero-order valence-corrected chi connectivity index (χ0v) is 18.3. The number of carbonyl (C=O) groups is 2. The maximum Gasteiger partial charge on any atom is 0.298 e. The zero-order valence-electron chi connectivity index (χ0n) is 17.5. The van der Waals surface area contributed by atoms with E-state index in [2.05, 4.69) is 22.5 Å². The summed E-state index contributed by atoms with van der Waals surface area (Å²) in [6, 6.07) is 11.8. The fraction of sp³-hybridized carbons (Fsp3) is 0.333. The van der Waals surface area contributed by atoms with Crippen LogP contribution in [0, 0.1) is 18.8 Å². The predicted molar refractivity (Wildman–Crippen MR) is 120 cm³/mol. The normalized spacial score (nSPS) is 17.9. The molecule has 154 valence electrons. The van der Waals surface area contributed by atoms with Crippen molar-refractivity contribution in [2.45, 2.75) is 38.6 Å². The Kier molecular flexibility index (Phi) is 4.79. The lowest BCUT2D eigenvalue weighted by atomic mass is 9.79. The molecule has 1 fully saturated rings. The first kappa shape index (κ1) is 20.3. The van der Waals surface area contributed by atoms with Gasteiger partial charge in [-0.25, -0.2) is 0 Å². The molecule has 0 aromatic heterocycles. The van der Waals surface area contributed by atoms with Gasteiger partial charge in [-0.3, -0.25) is 9.59 Å². The fourth-order valence-electron chi connectivity index (χ4n) is 4.33. The molecule has 0 unspecified atom stereocenters. The Balaban J connectivity index is 1.70. The first-order valence-corrected chi connectivity index (χ1v) is 10.3. The highest BCUT2D eigenvalue weighted by atomic mass is 35.5. The summed E-state index contributed by atoms with van der Waals surface area (Å²) in [5.41, 5.74) is 3.68. The smallest absolute Gasteiger partial charge is 0.298 e. The van der Waals surface area contributed by atoms with Crippen molar-refractivity contribution < 1.29 is 9.59 Å². The van der Waals surface area contributed by atoms with Crippen LogP contribution in [0.3, 0.4) is 0 Å². The highest BCUT2D eigenvalue weighted by Crippen LogP contribution is 2.42. The number of amides is 2. The largest absolute Gasteiger partial charge is 0.372 e. The number of halogens is 1. The Morgan fingerprint density at radius 1 is 1.20 bits per heavy atom. The van der Waals surface area contributed by atoms with E-state index >= 15 is 0 Å². The number of rotatable bonds is 3. The number of anilines is 2. The van der Waals surface area contributed by atoms with Gasteiger partial charge in [-0.1, -0.05) is 35.7 Å². The minimum atomic E-state index is -0.548. The maximum atomic E-state index is 12.3. The van der Waals surface area contributed by atoms with E-state index in [-0.39, 0.29) is 11.8 Å². The Bertz CT molecular complexity index is 1120. The van der Waals surface area contributed by atoms with Crippen molar-refractivity contribution in [2.24, 2.45) is 0 Å². The summed E-state index contributed by atoms with van der Waals surface area (Å²) in [5, 5.41) is 7.28. The van der Waals surface area contributed by atoms with Gasteiger partial charge in [0.15, 0.2) is 0 Å². The molecule has 0 bridgehead atoms. The third kappa shape index (κ3) is 3.12. The number of hydrogen-bond acceptors (Lipinski definition) is 3. The zero-order chi connectivity index (χ0) is 21.7. The minimum Gasteiger partial charge on any atom is -0.372 e. The molecule has 0 radical (unpaired) electrons. The molecule has 5 nitrogen and oxygen atoms in total. The molecule has 2 aliphatic heterocycles. The molecule has 2 aromatic rings. The van der Waals surface area contributed by atoms with Gasteiger partial charge in [0, 0.05) is 16.4 Å². The van der Waals surface area contributed by atoms with Crippen LogP contribution in [0.5, 0.6) is 0 Å². The molecule has 2 aromatic carbocycles.